The first kappa shape index (κ1) is 13.7. The van der Waals surface area contributed by atoms with Gasteiger partial charge in [-0.2, -0.15) is 0 Å². The van der Waals surface area contributed by atoms with Crippen LogP contribution in [0.2, 0.25) is 0 Å². The van der Waals surface area contributed by atoms with Crippen LogP contribution in [0.1, 0.15) is 33.6 Å². The van der Waals surface area contributed by atoms with E-state index in [-0.39, 0.29) is 0 Å². The van der Waals surface area contributed by atoms with Crippen LogP contribution < -0.4 is 0 Å². The number of hydrogen-bond donors (Lipinski definition) is 0. The van der Waals surface area contributed by atoms with Crippen LogP contribution in [0.4, 0.5) is 0 Å². The molecule has 0 spiro atoms. The van der Waals surface area contributed by atoms with E-state index in [2.05, 4.69) is 58.2 Å². The minimum atomic E-state index is 0.997. The third-order valence-electron chi connectivity index (χ3n) is 2.01. The van der Waals surface area contributed by atoms with Gasteiger partial charge in [0.25, 0.3) is 0 Å². The maximum absolute atomic E-state index is 3.88. The molecule has 0 nitrogen and oxygen atoms in total. The minimum Gasteiger partial charge on any atom is -0.0988 e. The van der Waals surface area contributed by atoms with Crippen LogP contribution in [-0.4, -0.2) is 0 Å². The first-order chi connectivity index (χ1) is 7.06. The van der Waals surface area contributed by atoms with Crippen molar-refractivity contribution in [3.63, 3.8) is 0 Å². The van der Waals surface area contributed by atoms with E-state index >= 15 is 0 Å². The van der Waals surface area contributed by atoms with Gasteiger partial charge in [-0.25, -0.2) is 0 Å². The highest BCUT2D eigenvalue weighted by molar-refractivity contribution is 5.22. The molecule has 0 saturated carbocycles. The van der Waals surface area contributed by atoms with Crippen LogP contribution in [0.5, 0.6) is 0 Å². The molecular weight excluding hydrogens is 180 g/mol. The highest BCUT2D eigenvalue weighted by Crippen LogP contribution is 2.06. The van der Waals surface area contributed by atoms with E-state index in [1.54, 1.807) is 0 Å². The van der Waals surface area contributed by atoms with Gasteiger partial charge >= 0.3 is 0 Å². The zero-order valence-electron chi connectivity index (χ0n) is 10.2. The zero-order chi connectivity index (χ0) is 11.7. The van der Waals surface area contributed by atoms with E-state index in [1.807, 2.05) is 6.08 Å². The van der Waals surface area contributed by atoms with Crippen molar-refractivity contribution in [3.05, 3.63) is 60.3 Å². The molecule has 0 aromatic rings. The third-order valence-corrected chi connectivity index (χ3v) is 2.01. The lowest BCUT2D eigenvalue weighted by atomic mass is 10.1. The Bertz CT molecular complexity index is 294. The van der Waals surface area contributed by atoms with E-state index in [9.17, 15) is 0 Å². The molecule has 0 fully saturated rings. The van der Waals surface area contributed by atoms with Gasteiger partial charge in [0.15, 0.2) is 0 Å². The molecule has 0 saturated heterocycles. The monoisotopic (exact) mass is 202 g/mol. The van der Waals surface area contributed by atoms with Gasteiger partial charge in [0.1, 0.15) is 0 Å². The largest absolute Gasteiger partial charge is 0.0988 e. The van der Waals surface area contributed by atoms with E-state index in [0.717, 1.165) is 18.4 Å². The molecule has 0 atom stereocenters. The van der Waals surface area contributed by atoms with Crippen molar-refractivity contribution in [2.75, 3.05) is 0 Å². The Morgan fingerprint density at radius 2 is 1.87 bits per heavy atom. The fourth-order valence-corrected chi connectivity index (χ4v) is 1.05. The lowest BCUT2D eigenvalue weighted by Crippen LogP contribution is -1.75. The summed E-state index contributed by atoms with van der Waals surface area (Å²) < 4.78 is 0. The molecule has 0 amide bonds. The van der Waals surface area contributed by atoms with E-state index in [0.29, 0.717) is 0 Å². The second-order valence-electron chi connectivity index (χ2n) is 3.95. The van der Waals surface area contributed by atoms with Gasteiger partial charge in [0.2, 0.25) is 0 Å². The molecular formula is C15H22. The first-order valence-electron chi connectivity index (χ1n) is 5.34. The predicted molar refractivity (Wildman–Crippen MR) is 70.9 cm³/mol. The third kappa shape index (κ3) is 9.01. The highest BCUT2D eigenvalue weighted by atomic mass is 13.9. The molecule has 0 aliphatic carbocycles. The summed E-state index contributed by atoms with van der Waals surface area (Å²) in [6.45, 7) is 13.9. The van der Waals surface area contributed by atoms with Crippen molar-refractivity contribution >= 4 is 0 Å². The standard InChI is InChI=1S/C15H22/c1-6-14(4)10-8-12-15(5)11-7-9-13(2)3/h6-7,9,11-12H,1,4,8,10H2,2-3,5H3/b11-7-,15-12+. The zero-order valence-corrected chi connectivity index (χ0v) is 10.2. The molecule has 0 bridgehead atoms. The maximum Gasteiger partial charge on any atom is -0.0250 e. The van der Waals surface area contributed by atoms with Gasteiger partial charge in [-0.15, -0.1) is 0 Å². The Morgan fingerprint density at radius 1 is 1.20 bits per heavy atom. The average molecular weight is 202 g/mol. The normalized spacial score (nSPS) is 11.5. The molecule has 0 aliphatic rings. The maximum atomic E-state index is 3.88. The second kappa shape index (κ2) is 8.05. The fraction of sp³-hybridized carbons (Fsp3) is 0.333. The van der Waals surface area contributed by atoms with Crippen LogP contribution >= 0.6 is 0 Å². The number of hydrogen-bond acceptors (Lipinski definition) is 0. The van der Waals surface area contributed by atoms with Crippen molar-refractivity contribution < 1.29 is 0 Å². The summed E-state index contributed by atoms with van der Waals surface area (Å²) in [6.07, 6.45) is 12.4. The lowest BCUT2D eigenvalue weighted by Gasteiger charge is -1.96. The summed E-state index contributed by atoms with van der Waals surface area (Å²) in [5, 5.41) is 0. The Kier molecular flexibility index (Phi) is 7.35. The second-order valence-corrected chi connectivity index (χ2v) is 3.95. The van der Waals surface area contributed by atoms with Crippen molar-refractivity contribution in [3.8, 4) is 0 Å². The molecule has 0 aliphatic heterocycles. The quantitative estimate of drug-likeness (QED) is 0.533. The summed E-state index contributed by atoms with van der Waals surface area (Å²) in [6, 6.07) is 0. The molecule has 0 radical (unpaired) electrons. The highest BCUT2D eigenvalue weighted by Gasteiger charge is 1.86. The number of rotatable bonds is 6. The van der Waals surface area contributed by atoms with E-state index in [1.165, 1.54) is 11.1 Å². The first-order valence-corrected chi connectivity index (χ1v) is 5.34. The van der Waals surface area contributed by atoms with Gasteiger partial charge < -0.3 is 0 Å². The van der Waals surface area contributed by atoms with Crippen LogP contribution in [0.15, 0.2) is 60.3 Å². The Morgan fingerprint density at radius 3 is 2.40 bits per heavy atom. The Balaban J connectivity index is 3.99. The Hall–Kier alpha value is -1.30. The summed E-state index contributed by atoms with van der Waals surface area (Å²) in [5.74, 6) is 0. The molecule has 0 rings (SSSR count). The van der Waals surface area contributed by atoms with Gasteiger partial charge in [-0.05, 0) is 33.6 Å². The topological polar surface area (TPSA) is 0 Å². The number of allylic oxidation sites excluding steroid dienone is 8. The molecule has 0 aromatic carbocycles. The molecule has 15 heavy (non-hydrogen) atoms. The van der Waals surface area contributed by atoms with E-state index < -0.39 is 0 Å². The summed E-state index contributed by atoms with van der Waals surface area (Å²) in [4.78, 5) is 0. The fourth-order valence-electron chi connectivity index (χ4n) is 1.05. The van der Waals surface area contributed by atoms with Crippen LogP contribution in [0.25, 0.3) is 0 Å². The SMILES string of the molecule is C=CC(=C)CC/C=C(C)/C=C\C=C(C)C. The molecule has 0 unspecified atom stereocenters. The van der Waals surface area contributed by atoms with Crippen molar-refractivity contribution in [1.29, 1.82) is 0 Å². The smallest absolute Gasteiger partial charge is 0.0250 e. The van der Waals surface area contributed by atoms with Crippen LogP contribution in [0.3, 0.4) is 0 Å². The van der Waals surface area contributed by atoms with Gasteiger partial charge in [0.05, 0.1) is 0 Å². The molecule has 0 heteroatoms. The summed E-state index contributed by atoms with van der Waals surface area (Å²) in [5.41, 5.74) is 3.72. The molecule has 0 heterocycles. The van der Waals surface area contributed by atoms with Crippen LogP contribution in [0, 0.1) is 0 Å². The summed E-state index contributed by atoms with van der Waals surface area (Å²) in [7, 11) is 0. The Labute approximate surface area is 94.4 Å². The van der Waals surface area contributed by atoms with Gasteiger partial charge in [-0.3, -0.25) is 0 Å². The van der Waals surface area contributed by atoms with Crippen molar-refractivity contribution in [1.82, 2.24) is 0 Å². The predicted octanol–water partition coefficient (Wildman–Crippen LogP) is 4.98. The van der Waals surface area contributed by atoms with Gasteiger partial charge in [-0.1, -0.05) is 60.3 Å². The summed E-state index contributed by atoms with van der Waals surface area (Å²) >= 11 is 0. The molecule has 82 valence electrons. The van der Waals surface area contributed by atoms with Crippen molar-refractivity contribution in [2.45, 2.75) is 33.6 Å². The van der Waals surface area contributed by atoms with Crippen molar-refractivity contribution in [2.24, 2.45) is 0 Å². The molecule has 0 aromatic heterocycles. The average Bonchev–Trinajstić information content (AvgIpc) is 2.17. The van der Waals surface area contributed by atoms with E-state index in [4.69, 9.17) is 0 Å². The molecule has 0 N–H and O–H groups in total. The van der Waals surface area contributed by atoms with Crippen LogP contribution in [-0.2, 0) is 0 Å². The lowest BCUT2D eigenvalue weighted by molar-refractivity contribution is 1.00. The van der Waals surface area contributed by atoms with Gasteiger partial charge in [0, 0.05) is 0 Å². The minimum absolute atomic E-state index is 0.997.